The Balaban J connectivity index is 2.97. The molecule has 1 aromatic heterocycles. The van der Waals surface area contributed by atoms with Crippen LogP contribution >= 0.6 is 27.5 Å². The molecule has 4 heteroatoms. The Bertz CT molecular complexity index is 301. The summed E-state index contributed by atoms with van der Waals surface area (Å²) in [6.45, 7) is 0. The van der Waals surface area contributed by atoms with E-state index in [-0.39, 0.29) is 5.75 Å². The van der Waals surface area contributed by atoms with E-state index < -0.39 is 0 Å². The summed E-state index contributed by atoms with van der Waals surface area (Å²) in [5.41, 5.74) is 0.519. The molecule has 0 fully saturated rings. The van der Waals surface area contributed by atoms with Crippen LogP contribution in [0.1, 0.15) is 5.69 Å². The molecule has 1 N–H and O–H groups in total. The zero-order valence-corrected chi connectivity index (χ0v) is 8.51. The molecule has 0 aromatic carbocycles. The Kier molecular flexibility index (Phi) is 3.56. The van der Waals surface area contributed by atoms with Crippen molar-refractivity contribution in [3.05, 3.63) is 28.5 Å². The largest absolute Gasteiger partial charge is 0.506 e. The van der Waals surface area contributed by atoms with E-state index in [0.29, 0.717) is 16.2 Å². The van der Waals surface area contributed by atoms with Crippen LogP contribution in [-0.2, 0) is 0 Å². The lowest BCUT2D eigenvalue weighted by Crippen LogP contribution is -1.82. The standard InChI is InChI=1S/C8H7BrClNO/c9-8-4-3-7(12)6(11-8)2-1-5-10/h1-4,12H,5H2. The lowest BCUT2D eigenvalue weighted by molar-refractivity contribution is 0.471. The van der Waals surface area contributed by atoms with Crippen LogP contribution in [0, 0.1) is 0 Å². The van der Waals surface area contributed by atoms with Crippen LogP contribution in [0.3, 0.4) is 0 Å². The van der Waals surface area contributed by atoms with Crippen LogP contribution in [0.5, 0.6) is 5.75 Å². The van der Waals surface area contributed by atoms with Crippen LogP contribution in [0.25, 0.3) is 6.08 Å². The Morgan fingerprint density at radius 3 is 3.00 bits per heavy atom. The number of halogens is 2. The molecule has 0 saturated heterocycles. The molecule has 0 saturated carbocycles. The van der Waals surface area contributed by atoms with Gasteiger partial charge in [0.05, 0.1) is 0 Å². The normalized spacial score (nSPS) is 10.8. The summed E-state index contributed by atoms with van der Waals surface area (Å²) >= 11 is 8.63. The average molecular weight is 249 g/mol. The van der Waals surface area contributed by atoms with Gasteiger partial charge in [-0.25, -0.2) is 4.98 Å². The molecule has 1 heterocycles. The third-order valence-corrected chi connectivity index (χ3v) is 1.85. The molecule has 2 nitrogen and oxygen atoms in total. The van der Waals surface area contributed by atoms with Gasteiger partial charge in [-0.1, -0.05) is 6.08 Å². The van der Waals surface area contributed by atoms with Gasteiger partial charge in [-0.3, -0.25) is 0 Å². The summed E-state index contributed by atoms with van der Waals surface area (Å²) in [4.78, 5) is 4.03. The minimum Gasteiger partial charge on any atom is -0.506 e. The molecule has 1 aromatic rings. The topological polar surface area (TPSA) is 33.1 Å². The highest BCUT2D eigenvalue weighted by Crippen LogP contribution is 2.18. The lowest BCUT2D eigenvalue weighted by atomic mass is 10.3. The molecule has 0 atom stereocenters. The minimum absolute atomic E-state index is 0.152. The smallest absolute Gasteiger partial charge is 0.141 e. The molecule has 0 aliphatic rings. The van der Waals surface area contributed by atoms with Gasteiger partial charge in [-0.15, -0.1) is 11.6 Å². The van der Waals surface area contributed by atoms with Gasteiger partial charge >= 0.3 is 0 Å². The van der Waals surface area contributed by atoms with Crippen molar-refractivity contribution < 1.29 is 5.11 Å². The minimum atomic E-state index is 0.152. The first-order chi connectivity index (χ1) is 5.74. The van der Waals surface area contributed by atoms with Crippen LogP contribution in [-0.4, -0.2) is 16.0 Å². The molecule has 0 aliphatic heterocycles. The summed E-state index contributed by atoms with van der Waals surface area (Å²) < 4.78 is 0.689. The van der Waals surface area contributed by atoms with E-state index in [1.54, 1.807) is 24.3 Å². The highest BCUT2D eigenvalue weighted by Gasteiger charge is 1.98. The van der Waals surface area contributed by atoms with Crippen LogP contribution in [0.4, 0.5) is 0 Å². The third kappa shape index (κ3) is 2.50. The van der Waals surface area contributed by atoms with E-state index >= 15 is 0 Å². The summed E-state index contributed by atoms with van der Waals surface area (Å²) in [5.74, 6) is 0.563. The van der Waals surface area contributed by atoms with Gasteiger partial charge in [0.1, 0.15) is 16.0 Å². The van der Waals surface area contributed by atoms with Crippen molar-refractivity contribution in [3.63, 3.8) is 0 Å². The van der Waals surface area contributed by atoms with Crippen molar-refractivity contribution in [1.29, 1.82) is 0 Å². The maximum Gasteiger partial charge on any atom is 0.141 e. The molecule has 0 aliphatic carbocycles. The fourth-order valence-electron chi connectivity index (χ4n) is 0.722. The molecule has 0 spiro atoms. The van der Waals surface area contributed by atoms with Crippen molar-refractivity contribution in [2.45, 2.75) is 0 Å². The number of nitrogens with zero attached hydrogens (tertiary/aromatic N) is 1. The van der Waals surface area contributed by atoms with Gasteiger partial charge < -0.3 is 5.11 Å². The fraction of sp³-hybridized carbons (Fsp3) is 0.125. The molecular weight excluding hydrogens is 241 g/mol. The number of aromatic nitrogens is 1. The monoisotopic (exact) mass is 247 g/mol. The second kappa shape index (κ2) is 4.48. The second-order valence-corrected chi connectivity index (χ2v) is 3.22. The Morgan fingerprint density at radius 1 is 1.58 bits per heavy atom. The van der Waals surface area contributed by atoms with E-state index in [4.69, 9.17) is 11.6 Å². The van der Waals surface area contributed by atoms with Crippen molar-refractivity contribution >= 4 is 33.6 Å². The first kappa shape index (κ1) is 9.55. The molecule has 0 amide bonds. The van der Waals surface area contributed by atoms with E-state index in [1.165, 1.54) is 0 Å². The Labute approximate surface area is 84.0 Å². The Morgan fingerprint density at radius 2 is 2.33 bits per heavy atom. The van der Waals surface area contributed by atoms with Crippen molar-refractivity contribution in [2.24, 2.45) is 0 Å². The third-order valence-electron chi connectivity index (χ3n) is 1.23. The van der Waals surface area contributed by atoms with E-state index in [2.05, 4.69) is 20.9 Å². The van der Waals surface area contributed by atoms with Crippen LogP contribution in [0.15, 0.2) is 22.8 Å². The number of rotatable bonds is 2. The quantitative estimate of drug-likeness (QED) is 0.645. The SMILES string of the molecule is Oc1ccc(Br)nc1C=CCCl. The summed E-state index contributed by atoms with van der Waals surface area (Å²) in [6, 6.07) is 3.25. The molecular formula is C8H7BrClNO. The molecule has 1 rings (SSSR count). The van der Waals surface area contributed by atoms with Gasteiger partial charge in [0.2, 0.25) is 0 Å². The van der Waals surface area contributed by atoms with Crippen molar-refractivity contribution in [3.8, 4) is 5.75 Å². The molecule has 12 heavy (non-hydrogen) atoms. The maximum absolute atomic E-state index is 9.28. The first-order valence-corrected chi connectivity index (χ1v) is 4.65. The number of allylic oxidation sites excluding steroid dienone is 1. The summed E-state index contributed by atoms with van der Waals surface area (Å²) in [6.07, 6.45) is 3.39. The van der Waals surface area contributed by atoms with E-state index in [0.717, 1.165) is 0 Å². The number of hydrogen-bond donors (Lipinski definition) is 1. The first-order valence-electron chi connectivity index (χ1n) is 3.32. The number of aromatic hydroxyl groups is 1. The van der Waals surface area contributed by atoms with Gasteiger partial charge in [-0.2, -0.15) is 0 Å². The van der Waals surface area contributed by atoms with E-state index in [9.17, 15) is 5.11 Å². The van der Waals surface area contributed by atoms with Crippen LogP contribution in [0.2, 0.25) is 0 Å². The molecule has 0 bridgehead atoms. The summed E-state index contributed by atoms with van der Waals surface area (Å²) in [5, 5.41) is 9.28. The zero-order chi connectivity index (χ0) is 8.97. The van der Waals surface area contributed by atoms with Crippen molar-refractivity contribution in [2.75, 3.05) is 5.88 Å². The molecule has 0 unspecified atom stereocenters. The highest BCUT2D eigenvalue weighted by molar-refractivity contribution is 9.10. The van der Waals surface area contributed by atoms with Gasteiger partial charge in [0, 0.05) is 5.88 Å². The van der Waals surface area contributed by atoms with Crippen molar-refractivity contribution in [1.82, 2.24) is 4.98 Å². The zero-order valence-electron chi connectivity index (χ0n) is 6.17. The second-order valence-electron chi connectivity index (χ2n) is 2.10. The highest BCUT2D eigenvalue weighted by atomic mass is 79.9. The van der Waals surface area contributed by atoms with E-state index in [1.807, 2.05) is 0 Å². The lowest BCUT2D eigenvalue weighted by Gasteiger charge is -1.97. The predicted molar refractivity (Wildman–Crippen MR) is 53.4 cm³/mol. The number of hydrogen-bond acceptors (Lipinski definition) is 2. The predicted octanol–water partition coefficient (Wildman–Crippen LogP) is 2.80. The number of pyridine rings is 1. The van der Waals surface area contributed by atoms with Gasteiger partial charge in [0.25, 0.3) is 0 Å². The number of alkyl halides is 1. The average Bonchev–Trinajstić information content (AvgIpc) is 2.07. The molecule has 0 radical (unpaired) electrons. The molecule has 64 valence electrons. The van der Waals surface area contributed by atoms with Crippen LogP contribution < -0.4 is 0 Å². The Hall–Kier alpha value is -0.540. The van der Waals surface area contributed by atoms with Gasteiger partial charge in [0.15, 0.2) is 0 Å². The fourth-order valence-corrected chi connectivity index (χ4v) is 1.13. The maximum atomic E-state index is 9.28. The van der Waals surface area contributed by atoms with Gasteiger partial charge in [-0.05, 0) is 34.1 Å². The summed E-state index contributed by atoms with van der Waals surface area (Å²) in [7, 11) is 0.